The molecule has 3 aromatic rings. The highest BCUT2D eigenvalue weighted by Gasteiger charge is 2.39. The lowest BCUT2D eigenvalue weighted by atomic mass is 10.1. The Morgan fingerprint density at radius 2 is 1.77 bits per heavy atom. The number of hydrogen-bond acceptors (Lipinski definition) is 13. The van der Waals surface area contributed by atoms with E-state index in [1.165, 1.54) is 27.7 Å². The Bertz CT molecular complexity index is 1380. The van der Waals surface area contributed by atoms with Crippen molar-refractivity contribution in [2.24, 2.45) is 0 Å². The molecule has 14 nitrogen and oxygen atoms in total. The van der Waals surface area contributed by atoms with Crippen LogP contribution in [0, 0.1) is 5.82 Å². The predicted octanol–water partition coefficient (Wildman–Crippen LogP) is 1.06. The Morgan fingerprint density at radius 1 is 1.05 bits per heavy atom. The first-order valence-corrected chi connectivity index (χ1v) is 14.0. The van der Waals surface area contributed by atoms with E-state index >= 15 is 0 Å². The molecule has 0 aromatic carbocycles. The molecule has 5 rings (SSSR count). The highest BCUT2D eigenvalue weighted by atomic mass is 32.2. The van der Waals surface area contributed by atoms with Gasteiger partial charge in [0.15, 0.2) is 33.0 Å². The Labute approximate surface area is 224 Å². The van der Waals surface area contributed by atoms with Crippen molar-refractivity contribution in [2.75, 3.05) is 45.9 Å². The summed E-state index contributed by atoms with van der Waals surface area (Å²) in [5, 5.41) is 7.74. The van der Waals surface area contributed by atoms with Crippen LogP contribution in [0.3, 0.4) is 0 Å². The second-order valence-electron chi connectivity index (χ2n) is 9.18. The molecule has 0 unspecified atom stereocenters. The van der Waals surface area contributed by atoms with Crippen LogP contribution < -0.4 is 14.4 Å². The smallest absolute Gasteiger partial charge is 0.245 e. The van der Waals surface area contributed by atoms with Gasteiger partial charge in [-0.15, -0.1) is 10.2 Å². The van der Waals surface area contributed by atoms with E-state index in [9.17, 15) is 12.8 Å². The summed E-state index contributed by atoms with van der Waals surface area (Å²) in [6.07, 6.45) is 4.33. The van der Waals surface area contributed by atoms with Crippen LogP contribution >= 0.6 is 0 Å². The van der Waals surface area contributed by atoms with E-state index < -0.39 is 38.9 Å². The molecule has 16 heteroatoms. The molecule has 3 atom stereocenters. The molecule has 0 radical (unpaired) electrons. The van der Waals surface area contributed by atoms with Gasteiger partial charge in [-0.25, -0.2) is 22.8 Å². The predicted molar refractivity (Wildman–Crippen MR) is 134 cm³/mol. The van der Waals surface area contributed by atoms with Crippen LogP contribution in [0.25, 0.3) is 5.69 Å². The number of ether oxygens (including phenoxy) is 4. The number of nitrogens with zero attached hydrogens (tertiary/aromatic N) is 8. The quantitative estimate of drug-likeness (QED) is 0.364. The van der Waals surface area contributed by atoms with Crippen molar-refractivity contribution in [3.8, 4) is 17.4 Å². The topological polar surface area (TPSA) is 157 Å². The molecule has 2 aliphatic heterocycles. The molecule has 0 aliphatic carbocycles. The van der Waals surface area contributed by atoms with Crippen LogP contribution in [0.1, 0.15) is 37.0 Å². The number of anilines is 1. The van der Waals surface area contributed by atoms with E-state index in [0.717, 1.165) is 18.8 Å². The average molecular weight is 565 g/mol. The Balaban J connectivity index is 1.52. The van der Waals surface area contributed by atoms with Crippen molar-refractivity contribution in [3.63, 3.8) is 0 Å². The van der Waals surface area contributed by atoms with Gasteiger partial charge in [0.25, 0.3) is 0 Å². The molecule has 0 spiro atoms. The van der Waals surface area contributed by atoms with Crippen molar-refractivity contribution in [2.45, 2.75) is 42.5 Å². The highest BCUT2D eigenvalue weighted by molar-refractivity contribution is 7.91. The zero-order valence-electron chi connectivity index (χ0n) is 21.7. The van der Waals surface area contributed by atoms with E-state index in [0.29, 0.717) is 25.4 Å². The highest BCUT2D eigenvalue weighted by Crippen LogP contribution is 2.36. The van der Waals surface area contributed by atoms with Crippen LogP contribution in [-0.2, 0) is 25.1 Å². The molecule has 3 aromatic heterocycles. The van der Waals surface area contributed by atoms with Crippen LogP contribution in [0.15, 0.2) is 18.7 Å². The Kier molecular flexibility index (Phi) is 7.86. The second kappa shape index (κ2) is 11.3. The van der Waals surface area contributed by atoms with Gasteiger partial charge in [0, 0.05) is 26.8 Å². The standard InChI is InChI=1S/C23H29FN8O6S/c1-35-15-7-16(11-31(10-15)23-25-8-14(24)9-26-23)39(33,34)12-18-29-30-20(17-5-4-6-38-17)32(18)19-21(36-2)27-13-28-22(19)37-3/h8-9,13,15-17H,4-7,10-12H2,1-3H3/t15-,16+,17+/m0/s1. The maximum Gasteiger partial charge on any atom is 0.245 e. The van der Waals surface area contributed by atoms with Gasteiger partial charge in [-0.1, -0.05) is 0 Å². The Morgan fingerprint density at radius 3 is 2.38 bits per heavy atom. The summed E-state index contributed by atoms with van der Waals surface area (Å²) < 4.78 is 65.0. The number of rotatable bonds is 9. The first-order valence-electron chi connectivity index (χ1n) is 12.3. The normalized spacial score (nSPS) is 21.7. The molecule has 0 saturated carbocycles. The molecule has 210 valence electrons. The van der Waals surface area contributed by atoms with E-state index in [-0.39, 0.29) is 42.2 Å². The van der Waals surface area contributed by atoms with Crippen LogP contribution in [-0.4, -0.2) is 95.5 Å². The lowest BCUT2D eigenvalue weighted by Crippen LogP contribution is -2.50. The third-order valence-electron chi connectivity index (χ3n) is 6.77. The zero-order valence-corrected chi connectivity index (χ0v) is 22.5. The lowest BCUT2D eigenvalue weighted by Gasteiger charge is -2.36. The first-order chi connectivity index (χ1) is 18.8. The fourth-order valence-electron chi connectivity index (χ4n) is 4.86. The fraction of sp³-hybridized carbons (Fsp3) is 0.565. The van der Waals surface area contributed by atoms with Crippen molar-refractivity contribution < 1.29 is 31.8 Å². The largest absolute Gasteiger partial charge is 0.479 e. The number of piperidine rings is 1. The minimum atomic E-state index is -3.85. The monoisotopic (exact) mass is 564 g/mol. The van der Waals surface area contributed by atoms with Gasteiger partial charge in [0.2, 0.25) is 17.7 Å². The third-order valence-corrected chi connectivity index (χ3v) is 8.79. The van der Waals surface area contributed by atoms with Crippen molar-refractivity contribution in [3.05, 3.63) is 36.2 Å². The summed E-state index contributed by atoms with van der Waals surface area (Å²) in [5.41, 5.74) is 0.281. The van der Waals surface area contributed by atoms with Gasteiger partial charge in [-0.05, 0) is 19.3 Å². The van der Waals surface area contributed by atoms with E-state index in [1.807, 2.05) is 0 Å². The maximum atomic E-state index is 13.9. The summed E-state index contributed by atoms with van der Waals surface area (Å²) in [7, 11) is 0.552. The summed E-state index contributed by atoms with van der Waals surface area (Å²) in [4.78, 5) is 18.1. The van der Waals surface area contributed by atoms with Gasteiger partial charge in [0.05, 0.1) is 38.0 Å². The number of hydrogen-bond donors (Lipinski definition) is 0. The third kappa shape index (κ3) is 5.49. The fourth-order valence-corrected chi connectivity index (χ4v) is 6.56. The van der Waals surface area contributed by atoms with E-state index in [1.54, 1.807) is 9.47 Å². The molecular formula is C23H29FN8O6S. The second-order valence-corrected chi connectivity index (χ2v) is 11.5. The molecule has 39 heavy (non-hydrogen) atoms. The Hall–Kier alpha value is -3.50. The number of sulfone groups is 1. The average Bonchev–Trinajstić information content (AvgIpc) is 3.62. The first kappa shape index (κ1) is 27.1. The van der Waals surface area contributed by atoms with Crippen molar-refractivity contribution in [1.29, 1.82) is 0 Å². The van der Waals surface area contributed by atoms with Crippen LogP contribution in [0.4, 0.5) is 10.3 Å². The maximum absolute atomic E-state index is 13.9. The molecule has 2 saturated heterocycles. The molecule has 0 N–H and O–H groups in total. The summed E-state index contributed by atoms with van der Waals surface area (Å²) in [6, 6.07) is 0. The van der Waals surface area contributed by atoms with Crippen LogP contribution in [0.5, 0.6) is 11.8 Å². The van der Waals surface area contributed by atoms with E-state index in [4.69, 9.17) is 18.9 Å². The van der Waals surface area contributed by atoms with Gasteiger partial charge in [-0.3, -0.25) is 4.57 Å². The minimum absolute atomic E-state index is 0.0989. The van der Waals surface area contributed by atoms with E-state index in [2.05, 4.69) is 30.1 Å². The van der Waals surface area contributed by atoms with Crippen molar-refractivity contribution in [1.82, 2.24) is 34.7 Å². The molecule has 0 bridgehead atoms. The summed E-state index contributed by atoms with van der Waals surface area (Å²) in [5.74, 6) is 0.0542. The zero-order chi connectivity index (χ0) is 27.6. The van der Waals surface area contributed by atoms with Crippen LogP contribution in [0.2, 0.25) is 0 Å². The van der Waals surface area contributed by atoms with Gasteiger partial charge in [0.1, 0.15) is 18.2 Å². The van der Waals surface area contributed by atoms with Gasteiger partial charge >= 0.3 is 0 Å². The SMILES string of the molecule is COc1ncnc(OC)c1-n1c(CS(=O)(=O)[C@@H]2C[C@H](OC)CN(c3ncc(F)cn3)C2)nnc1[C@H]1CCCO1. The minimum Gasteiger partial charge on any atom is -0.479 e. The molecule has 2 fully saturated rings. The number of halogens is 1. The lowest BCUT2D eigenvalue weighted by molar-refractivity contribution is 0.0897. The molecular weight excluding hydrogens is 535 g/mol. The number of methoxy groups -OCH3 is 3. The van der Waals surface area contributed by atoms with Crippen molar-refractivity contribution >= 4 is 15.8 Å². The van der Waals surface area contributed by atoms with Gasteiger partial charge in [-0.2, -0.15) is 9.97 Å². The molecule has 0 amide bonds. The summed E-state index contributed by atoms with van der Waals surface area (Å²) >= 11 is 0. The van der Waals surface area contributed by atoms with Gasteiger partial charge < -0.3 is 23.8 Å². The molecule has 5 heterocycles. The molecule has 2 aliphatic rings. The summed E-state index contributed by atoms with van der Waals surface area (Å²) in [6.45, 7) is 1.01. The number of aromatic nitrogens is 7.